The number of para-hydroxylation sites is 4. The SMILES string of the molecule is CC1(C)c2ccccc2-c2cc3c4ccccc4n(-c4ccc(-c5nc(-c6ccccc6)c6cc(-n7c8ccccc8c8cc(-c9ccc%10c(c9)c9ccccc9n%10-c9ccccc9)ccc87)ccc6n5)cc4)c3cc21. The van der Waals surface area contributed by atoms with Crippen LogP contribution in [-0.2, 0) is 5.41 Å². The van der Waals surface area contributed by atoms with Crippen LogP contribution in [0.2, 0.25) is 0 Å². The van der Waals surface area contributed by atoms with Gasteiger partial charge in [0, 0.05) is 71.3 Å². The van der Waals surface area contributed by atoms with Gasteiger partial charge in [0.05, 0.1) is 44.3 Å². The summed E-state index contributed by atoms with van der Waals surface area (Å²) in [7, 11) is 0. The molecule has 0 N–H and O–H groups in total. The van der Waals surface area contributed by atoms with Crippen molar-refractivity contribution in [2.75, 3.05) is 0 Å². The van der Waals surface area contributed by atoms with Crippen LogP contribution in [0.15, 0.2) is 249 Å². The van der Waals surface area contributed by atoms with E-state index in [0.717, 1.165) is 55.8 Å². The summed E-state index contributed by atoms with van der Waals surface area (Å²) in [4.78, 5) is 10.8. The number of hydrogen-bond donors (Lipinski definition) is 0. The van der Waals surface area contributed by atoms with Crippen LogP contribution in [0.3, 0.4) is 0 Å². The molecule has 1 aliphatic carbocycles. The molecule has 5 heteroatoms. The zero-order valence-corrected chi connectivity index (χ0v) is 41.9. The fourth-order valence-electron chi connectivity index (χ4n) is 12.8. The van der Waals surface area contributed by atoms with Crippen LogP contribution in [0.25, 0.3) is 138 Å². The van der Waals surface area contributed by atoms with E-state index >= 15 is 0 Å². The topological polar surface area (TPSA) is 40.6 Å². The van der Waals surface area contributed by atoms with Gasteiger partial charge in [0.25, 0.3) is 0 Å². The first-order valence-electron chi connectivity index (χ1n) is 26.2. The quantitative estimate of drug-likeness (QED) is 0.167. The Morgan fingerprint density at radius 2 is 0.776 bits per heavy atom. The molecular formula is C71H47N5. The molecule has 0 fully saturated rings. The summed E-state index contributed by atoms with van der Waals surface area (Å²) >= 11 is 0. The van der Waals surface area contributed by atoms with E-state index in [1.54, 1.807) is 0 Å². The van der Waals surface area contributed by atoms with Crippen molar-refractivity contribution >= 4 is 76.3 Å². The molecule has 0 bridgehead atoms. The van der Waals surface area contributed by atoms with Crippen molar-refractivity contribution in [2.24, 2.45) is 0 Å². The van der Waals surface area contributed by atoms with E-state index in [9.17, 15) is 0 Å². The van der Waals surface area contributed by atoms with Crippen molar-refractivity contribution in [1.82, 2.24) is 23.7 Å². The number of nitrogens with zero attached hydrogens (tertiary/aromatic N) is 5. The molecule has 0 spiro atoms. The summed E-state index contributed by atoms with van der Waals surface area (Å²) in [5, 5.41) is 8.41. The normalized spacial score (nSPS) is 13.0. The molecule has 4 aromatic heterocycles. The maximum Gasteiger partial charge on any atom is 0.160 e. The summed E-state index contributed by atoms with van der Waals surface area (Å²) in [6.07, 6.45) is 0. The zero-order valence-electron chi connectivity index (χ0n) is 41.9. The van der Waals surface area contributed by atoms with Gasteiger partial charge in [-0.3, -0.25) is 0 Å². The Morgan fingerprint density at radius 3 is 1.42 bits per heavy atom. The summed E-state index contributed by atoms with van der Waals surface area (Å²) in [6, 6.07) is 90.6. The first-order valence-corrected chi connectivity index (χ1v) is 26.2. The Balaban J connectivity index is 0.801. The predicted octanol–water partition coefficient (Wildman–Crippen LogP) is 18.2. The molecule has 0 unspecified atom stereocenters. The molecule has 356 valence electrons. The lowest BCUT2D eigenvalue weighted by Gasteiger charge is -2.21. The third-order valence-electron chi connectivity index (χ3n) is 16.4. The van der Waals surface area contributed by atoms with Gasteiger partial charge in [-0.15, -0.1) is 0 Å². The minimum absolute atomic E-state index is 0.103. The molecule has 0 radical (unpaired) electrons. The minimum atomic E-state index is -0.103. The Morgan fingerprint density at radius 1 is 0.289 bits per heavy atom. The summed E-state index contributed by atoms with van der Waals surface area (Å²) in [5.41, 5.74) is 21.9. The first-order chi connectivity index (χ1) is 37.4. The van der Waals surface area contributed by atoms with E-state index in [-0.39, 0.29) is 5.41 Å². The van der Waals surface area contributed by atoms with Crippen LogP contribution in [0, 0.1) is 0 Å². The van der Waals surface area contributed by atoms with Crippen molar-refractivity contribution in [2.45, 2.75) is 19.3 Å². The van der Waals surface area contributed by atoms with Crippen molar-refractivity contribution in [3.63, 3.8) is 0 Å². The van der Waals surface area contributed by atoms with Crippen molar-refractivity contribution in [3.05, 3.63) is 260 Å². The van der Waals surface area contributed by atoms with Gasteiger partial charge in [-0.25, -0.2) is 9.97 Å². The average molecular weight is 970 g/mol. The third-order valence-corrected chi connectivity index (χ3v) is 16.4. The molecule has 5 nitrogen and oxygen atoms in total. The van der Waals surface area contributed by atoms with E-state index in [1.807, 2.05) is 0 Å². The van der Waals surface area contributed by atoms with Gasteiger partial charge in [0.1, 0.15) is 0 Å². The second-order valence-corrected chi connectivity index (χ2v) is 21.0. The fourth-order valence-corrected chi connectivity index (χ4v) is 12.8. The predicted molar refractivity (Wildman–Crippen MR) is 316 cm³/mol. The average Bonchev–Trinajstić information content (AvgIpc) is 4.18. The molecule has 76 heavy (non-hydrogen) atoms. The van der Waals surface area contributed by atoms with Crippen LogP contribution in [0.5, 0.6) is 0 Å². The van der Waals surface area contributed by atoms with E-state index in [2.05, 4.69) is 276 Å². The molecule has 0 saturated heterocycles. The highest BCUT2D eigenvalue weighted by Crippen LogP contribution is 2.51. The lowest BCUT2D eigenvalue weighted by molar-refractivity contribution is 0.661. The first kappa shape index (κ1) is 42.6. The van der Waals surface area contributed by atoms with Gasteiger partial charge < -0.3 is 13.7 Å². The highest BCUT2D eigenvalue weighted by Gasteiger charge is 2.36. The molecule has 4 heterocycles. The van der Waals surface area contributed by atoms with Gasteiger partial charge >= 0.3 is 0 Å². The summed E-state index contributed by atoms with van der Waals surface area (Å²) in [6.45, 7) is 4.71. The second-order valence-electron chi connectivity index (χ2n) is 21.0. The molecule has 0 aliphatic heterocycles. The highest BCUT2D eigenvalue weighted by molar-refractivity contribution is 6.14. The van der Waals surface area contributed by atoms with Crippen LogP contribution in [-0.4, -0.2) is 23.7 Å². The number of rotatable bonds is 6. The fraction of sp³-hybridized carbons (Fsp3) is 0.0423. The molecule has 0 saturated carbocycles. The molecule has 0 atom stereocenters. The Kier molecular flexibility index (Phi) is 9.02. The van der Waals surface area contributed by atoms with Crippen molar-refractivity contribution in [3.8, 4) is 62.0 Å². The monoisotopic (exact) mass is 969 g/mol. The van der Waals surface area contributed by atoms with Gasteiger partial charge in [0.2, 0.25) is 0 Å². The smallest absolute Gasteiger partial charge is 0.160 e. The Labute approximate surface area is 438 Å². The van der Waals surface area contributed by atoms with Crippen LogP contribution >= 0.6 is 0 Å². The second kappa shape index (κ2) is 16.1. The molecular weight excluding hydrogens is 923 g/mol. The largest absolute Gasteiger partial charge is 0.309 e. The maximum atomic E-state index is 5.43. The van der Waals surface area contributed by atoms with E-state index in [0.29, 0.717) is 5.82 Å². The van der Waals surface area contributed by atoms with E-state index < -0.39 is 0 Å². The standard InChI is InChI=1S/C71H47N5/c1-71(2)60-25-13-9-21-51(60)55-42-58-54-24-12-15-27-64(54)75(68(58)43-61(55)71)49-33-29-45(30-34-49)70-72-62-36-35-50(41-59(62)69(73-70)44-17-5-3-6-18-44)76-65-28-16-11-23-53(65)57-40-47(32-38-67(57)76)46-31-37-66-56(39-46)52-22-10-14-26-63(52)74(66)48-19-7-4-8-20-48/h3-43H,1-2H3. The zero-order chi connectivity index (χ0) is 50.2. The van der Waals surface area contributed by atoms with E-state index in [1.165, 1.54) is 87.8 Å². The van der Waals surface area contributed by atoms with Crippen LogP contribution in [0.4, 0.5) is 0 Å². The highest BCUT2D eigenvalue weighted by atomic mass is 15.0. The number of fused-ring (bicyclic) bond motifs is 13. The Bertz CT molecular complexity index is 4880. The molecule has 16 rings (SSSR count). The third kappa shape index (κ3) is 6.20. The molecule has 1 aliphatic rings. The number of benzene rings is 11. The molecule has 11 aromatic carbocycles. The Hall–Kier alpha value is -9.84. The van der Waals surface area contributed by atoms with Gasteiger partial charge in [-0.1, -0.05) is 153 Å². The minimum Gasteiger partial charge on any atom is -0.309 e. The van der Waals surface area contributed by atoms with Crippen molar-refractivity contribution in [1.29, 1.82) is 0 Å². The molecule has 15 aromatic rings. The van der Waals surface area contributed by atoms with Crippen LogP contribution < -0.4 is 0 Å². The van der Waals surface area contributed by atoms with E-state index in [4.69, 9.17) is 9.97 Å². The van der Waals surface area contributed by atoms with Gasteiger partial charge in [-0.2, -0.15) is 0 Å². The number of aromatic nitrogens is 5. The lowest BCUT2D eigenvalue weighted by Crippen LogP contribution is -2.14. The maximum absolute atomic E-state index is 5.43. The van der Waals surface area contributed by atoms with Gasteiger partial charge in [0.15, 0.2) is 5.82 Å². The number of hydrogen-bond acceptors (Lipinski definition) is 2. The molecule has 0 amide bonds. The lowest BCUT2D eigenvalue weighted by atomic mass is 9.82. The summed E-state index contributed by atoms with van der Waals surface area (Å²) < 4.78 is 7.19. The summed E-state index contributed by atoms with van der Waals surface area (Å²) in [5.74, 6) is 0.692. The van der Waals surface area contributed by atoms with Gasteiger partial charge in [-0.05, 0) is 143 Å². The van der Waals surface area contributed by atoms with Crippen LogP contribution in [0.1, 0.15) is 25.0 Å². The van der Waals surface area contributed by atoms with Crippen molar-refractivity contribution < 1.29 is 0 Å².